The number of hydrogen-bond donors (Lipinski definition) is 1. The number of aromatic nitrogens is 4. The summed E-state index contributed by atoms with van der Waals surface area (Å²) >= 11 is 1.59. The molecule has 0 bridgehead atoms. The average molecular weight is 461 g/mol. The van der Waals surface area contributed by atoms with E-state index in [0.29, 0.717) is 22.6 Å². The van der Waals surface area contributed by atoms with Crippen molar-refractivity contribution >= 4 is 34.5 Å². The summed E-state index contributed by atoms with van der Waals surface area (Å²) in [7, 11) is 0. The predicted molar refractivity (Wildman–Crippen MR) is 121 cm³/mol. The Morgan fingerprint density at radius 1 is 1.16 bits per heavy atom. The van der Waals surface area contributed by atoms with Crippen molar-refractivity contribution in [1.82, 2.24) is 25.1 Å². The number of fused-ring (bicyclic) bond motifs is 1. The number of thioether (sulfide) groups is 1. The molecule has 1 amide bonds. The molecule has 0 aliphatic carbocycles. The SMILES string of the molecule is CC(C)Sc1nc(N2CCCCC2)c2cnn(CCNC(=O)c3c(F)cccc3F)c2n1. The van der Waals surface area contributed by atoms with Gasteiger partial charge >= 0.3 is 0 Å². The largest absolute Gasteiger partial charge is 0.356 e. The van der Waals surface area contributed by atoms with Gasteiger partial charge in [0.1, 0.15) is 23.0 Å². The van der Waals surface area contributed by atoms with E-state index in [1.807, 2.05) is 0 Å². The van der Waals surface area contributed by atoms with Crippen molar-refractivity contribution in [3.63, 3.8) is 0 Å². The van der Waals surface area contributed by atoms with E-state index in [-0.39, 0.29) is 6.54 Å². The minimum Gasteiger partial charge on any atom is -0.356 e. The molecule has 1 N–H and O–H groups in total. The molecule has 1 aliphatic rings. The molecule has 1 saturated heterocycles. The van der Waals surface area contributed by atoms with Crippen LogP contribution >= 0.6 is 11.8 Å². The molecule has 1 aliphatic heterocycles. The lowest BCUT2D eigenvalue weighted by atomic mass is 10.1. The molecule has 2 aromatic heterocycles. The molecule has 0 radical (unpaired) electrons. The van der Waals surface area contributed by atoms with Gasteiger partial charge in [0.05, 0.1) is 18.1 Å². The highest BCUT2D eigenvalue weighted by atomic mass is 32.2. The number of hydrogen-bond acceptors (Lipinski definition) is 6. The lowest BCUT2D eigenvalue weighted by Crippen LogP contribution is -2.30. The standard InChI is InChI=1S/C22H26F2N6OS/c1-14(2)32-22-27-19(29-10-4-3-5-11-29)15-13-26-30(20(15)28-22)12-9-25-21(31)18-16(23)7-6-8-17(18)24/h6-8,13-14H,3-5,9-12H2,1-2H3,(H,25,31). The third-order valence-electron chi connectivity index (χ3n) is 5.25. The van der Waals surface area contributed by atoms with Gasteiger partial charge in [0, 0.05) is 24.9 Å². The zero-order valence-corrected chi connectivity index (χ0v) is 19.0. The highest BCUT2D eigenvalue weighted by Crippen LogP contribution is 2.30. The maximum absolute atomic E-state index is 13.8. The summed E-state index contributed by atoms with van der Waals surface area (Å²) in [5, 5.41) is 8.91. The van der Waals surface area contributed by atoms with Gasteiger partial charge in [0.15, 0.2) is 10.8 Å². The van der Waals surface area contributed by atoms with Crippen LogP contribution in [-0.4, -0.2) is 50.5 Å². The molecular formula is C22H26F2N6OS. The lowest BCUT2D eigenvalue weighted by Gasteiger charge is -2.28. The Bertz CT molecular complexity index is 1090. The van der Waals surface area contributed by atoms with Gasteiger partial charge < -0.3 is 10.2 Å². The first-order valence-electron chi connectivity index (χ1n) is 10.8. The maximum Gasteiger partial charge on any atom is 0.257 e. The fourth-order valence-corrected chi connectivity index (χ4v) is 4.47. The van der Waals surface area contributed by atoms with Gasteiger partial charge in [-0.05, 0) is 31.4 Å². The molecule has 0 unspecified atom stereocenters. The number of nitrogens with zero attached hydrogens (tertiary/aromatic N) is 5. The number of carbonyl (C=O) groups excluding carboxylic acids is 1. The summed E-state index contributed by atoms with van der Waals surface area (Å²) in [6, 6.07) is 3.35. The fourth-order valence-electron chi connectivity index (χ4n) is 3.77. The van der Waals surface area contributed by atoms with Gasteiger partial charge in [0.2, 0.25) is 0 Å². The number of amides is 1. The highest BCUT2D eigenvalue weighted by Gasteiger charge is 2.21. The fraction of sp³-hybridized carbons (Fsp3) is 0.455. The van der Waals surface area contributed by atoms with Gasteiger partial charge in [0.25, 0.3) is 5.91 Å². The van der Waals surface area contributed by atoms with E-state index in [0.717, 1.165) is 49.3 Å². The van der Waals surface area contributed by atoms with Crippen molar-refractivity contribution in [2.75, 3.05) is 24.5 Å². The van der Waals surface area contributed by atoms with E-state index >= 15 is 0 Å². The Kier molecular flexibility index (Phi) is 6.88. The quantitative estimate of drug-likeness (QED) is 0.424. The maximum atomic E-state index is 13.8. The molecule has 32 heavy (non-hydrogen) atoms. The minimum atomic E-state index is -0.888. The number of anilines is 1. The molecule has 10 heteroatoms. The van der Waals surface area contributed by atoms with Crippen LogP contribution in [0.1, 0.15) is 43.5 Å². The van der Waals surface area contributed by atoms with Crippen molar-refractivity contribution in [3.8, 4) is 0 Å². The van der Waals surface area contributed by atoms with Crippen molar-refractivity contribution in [3.05, 3.63) is 41.6 Å². The number of benzene rings is 1. The number of rotatable bonds is 7. The summed E-state index contributed by atoms with van der Waals surface area (Å²) in [5.41, 5.74) is 0.109. The minimum absolute atomic E-state index is 0.152. The third kappa shape index (κ3) is 4.85. The molecule has 3 heterocycles. The van der Waals surface area contributed by atoms with Crippen LogP contribution in [-0.2, 0) is 6.54 Å². The van der Waals surface area contributed by atoms with Crippen LogP contribution < -0.4 is 10.2 Å². The van der Waals surface area contributed by atoms with Gasteiger partial charge in [-0.25, -0.2) is 23.4 Å². The summed E-state index contributed by atoms with van der Waals surface area (Å²) in [4.78, 5) is 24.1. The van der Waals surface area contributed by atoms with Crippen LogP contribution in [0.3, 0.4) is 0 Å². The Hall–Kier alpha value is -2.75. The first-order valence-corrected chi connectivity index (χ1v) is 11.7. The Balaban J connectivity index is 1.55. The van der Waals surface area contributed by atoms with Gasteiger partial charge in [-0.15, -0.1) is 0 Å². The van der Waals surface area contributed by atoms with Gasteiger partial charge in [-0.3, -0.25) is 4.79 Å². The lowest BCUT2D eigenvalue weighted by molar-refractivity contribution is 0.0943. The summed E-state index contributed by atoms with van der Waals surface area (Å²) in [5.74, 6) is -1.68. The first kappa shape index (κ1) is 22.4. The molecule has 1 fully saturated rings. The Labute approximate surface area is 189 Å². The van der Waals surface area contributed by atoms with Crippen LogP contribution in [0, 0.1) is 11.6 Å². The number of piperidine rings is 1. The van der Waals surface area contributed by atoms with Crippen molar-refractivity contribution < 1.29 is 13.6 Å². The zero-order chi connectivity index (χ0) is 22.7. The van der Waals surface area contributed by atoms with E-state index in [2.05, 4.69) is 29.2 Å². The predicted octanol–water partition coefficient (Wildman–Crippen LogP) is 4.03. The molecule has 0 atom stereocenters. The zero-order valence-electron chi connectivity index (χ0n) is 18.1. The average Bonchev–Trinajstić information content (AvgIpc) is 3.16. The van der Waals surface area contributed by atoms with Crippen LogP contribution in [0.4, 0.5) is 14.6 Å². The summed E-state index contributed by atoms with van der Waals surface area (Å²) < 4.78 is 29.4. The van der Waals surface area contributed by atoms with E-state index in [1.165, 1.54) is 12.5 Å². The molecule has 0 spiro atoms. The van der Waals surface area contributed by atoms with Crippen LogP contribution in [0.15, 0.2) is 29.6 Å². The van der Waals surface area contributed by atoms with E-state index in [1.54, 1.807) is 22.6 Å². The molecule has 7 nitrogen and oxygen atoms in total. The topological polar surface area (TPSA) is 75.9 Å². The van der Waals surface area contributed by atoms with E-state index < -0.39 is 23.1 Å². The molecule has 1 aromatic carbocycles. The smallest absolute Gasteiger partial charge is 0.257 e. The summed E-state index contributed by atoms with van der Waals surface area (Å²) in [6.07, 6.45) is 5.23. The number of nitrogens with one attached hydrogen (secondary N) is 1. The Morgan fingerprint density at radius 3 is 2.56 bits per heavy atom. The third-order valence-corrected chi connectivity index (χ3v) is 6.12. The van der Waals surface area contributed by atoms with Crippen molar-refractivity contribution in [2.24, 2.45) is 0 Å². The van der Waals surface area contributed by atoms with Crippen LogP contribution in [0.2, 0.25) is 0 Å². The van der Waals surface area contributed by atoms with Crippen molar-refractivity contribution in [1.29, 1.82) is 0 Å². The molecular weight excluding hydrogens is 434 g/mol. The van der Waals surface area contributed by atoms with Crippen LogP contribution in [0.5, 0.6) is 0 Å². The Morgan fingerprint density at radius 2 is 1.88 bits per heavy atom. The second-order valence-corrected chi connectivity index (χ2v) is 9.55. The number of halogens is 2. The van der Waals surface area contributed by atoms with Gasteiger partial charge in [-0.1, -0.05) is 31.7 Å². The van der Waals surface area contributed by atoms with Crippen LogP contribution in [0.25, 0.3) is 11.0 Å². The second-order valence-electron chi connectivity index (χ2n) is 8.00. The normalized spacial score (nSPS) is 14.3. The first-order chi connectivity index (χ1) is 15.4. The molecule has 0 saturated carbocycles. The molecule has 4 rings (SSSR count). The molecule has 170 valence electrons. The van der Waals surface area contributed by atoms with Crippen molar-refractivity contribution in [2.45, 2.75) is 50.1 Å². The van der Waals surface area contributed by atoms with E-state index in [4.69, 9.17) is 9.97 Å². The number of carbonyl (C=O) groups is 1. The summed E-state index contributed by atoms with van der Waals surface area (Å²) in [6.45, 7) is 6.55. The van der Waals surface area contributed by atoms with Gasteiger partial charge in [-0.2, -0.15) is 5.10 Å². The monoisotopic (exact) mass is 460 g/mol. The molecule has 3 aromatic rings. The van der Waals surface area contributed by atoms with E-state index in [9.17, 15) is 13.6 Å². The second kappa shape index (κ2) is 9.81. The highest BCUT2D eigenvalue weighted by molar-refractivity contribution is 7.99.